The molecule has 2 aliphatic rings. The zero-order valence-electron chi connectivity index (χ0n) is 20.0. The molecule has 1 aliphatic heterocycles. The lowest BCUT2D eigenvalue weighted by molar-refractivity contribution is -0.138. The van der Waals surface area contributed by atoms with Gasteiger partial charge in [0.25, 0.3) is 5.91 Å². The smallest absolute Gasteiger partial charge is 0.262 e. The number of rotatable bonds is 6. The van der Waals surface area contributed by atoms with Crippen molar-refractivity contribution in [1.82, 2.24) is 15.5 Å². The van der Waals surface area contributed by atoms with Crippen LogP contribution in [0.5, 0.6) is 5.75 Å². The molecular weight excluding hydrogens is 430 g/mol. The second-order valence-electron chi connectivity index (χ2n) is 9.74. The summed E-state index contributed by atoms with van der Waals surface area (Å²) in [5, 5.41) is 9.73. The quantitative estimate of drug-likeness (QED) is 0.607. The third kappa shape index (κ3) is 7.05. The highest BCUT2D eigenvalue weighted by atomic mass is 32.1. The number of ether oxygens (including phenoxy) is 1. The van der Waals surface area contributed by atoms with E-state index < -0.39 is 0 Å². The molecule has 4 rings (SSSR count). The van der Waals surface area contributed by atoms with Gasteiger partial charge >= 0.3 is 0 Å². The average molecular weight is 470 g/mol. The molecule has 1 aliphatic carbocycles. The van der Waals surface area contributed by atoms with E-state index in [1.54, 1.807) is 11.3 Å². The molecule has 0 radical (unpaired) electrons. The molecule has 1 unspecified atom stereocenters. The van der Waals surface area contributed by atoms with Crippen LogP contribution in [0, 0.1) is 6.92 Å². The van der Waals surface area contributed by atoms with Crippen molar-refractivity contribution in [3.63, 3.8) is 0 Å². The number of nitrogens with one attached hydrogen (secondary N) is 2. The van der Waals surface area contributed by atoms with Gasteiger partial charge in [-0.1, -0.05) is 68.7 Å². The van der Waals surface area contributed by atoms with Crippen molar-refractivity contribution in [2.75, 3.05) is 19.7 Å². The van der Waals surface area contributed by atoms with Crippen LogP contribution in [0.2, 0.25) is 0 Å². The van der Waals surface area contributed by atoms with Crippen LogP contribution < -0.4 is 15.4 Å². The third-order valence-corrected chi connectivity index (χ3v) is 8.00. The molecule has 2 N–H and O–H groups in total. The Morgan fingerprint density at radius 1 is 1.06 bits per heavy atom. The van der Waals surface area contributed by atoms with Gasteiger partial charge in [0.1, 0.15) is 5.75 Å². The van der Waals surface area contributed by atoms with Gasteiger partial charge in [0.2, 0.25) is 0 Å². The van der Waals surface area contributed by atoms with Gasteiger partial charge in [0.05, 0.1) is 12.7 Å². The molecule has 1 aromatic carbocycles. The number of thiophene rings is 1. The van der Waals surface area contributed by atoms with E-state index in [0.717, 1.165) is 18.8 Å². The zero-order chi connectivity index (χ0) is 22.9. The summed E-state index contributed by atoms with van der Waals surface area (Å²) in [5.74, 6) is 0.755. The molecule has 2 aromatic rings. The summed E-state index contributed by atoms with van der Waals surface area (Å²) in [6, 6.07) is 12.0. The first-order chi connectivity index (χ1) is 16.1. The summed E-state index contributed by atoms with van der Waals surface area (Å²) in [6.07, 6.45) is 11.8. The van der Waals surface area contributed by atoms with E-state index in [0.29, 0.717) is 6.54 Å². The molecule has 33 heavy (non-hydrogen) atoms. The maximum Gasteiger partial charge on any atom is 0.262 e. The van der Waals surface area contributed by atoms with Gasteiger partial charge in [-0.3, -0.25) is 10.1 Å². The van der Waals surface area contributed by atoms with Crippen LogP contribution in [0.3, 0.4) is 0 Å². The van der Waals surface area contributed by atoms with Crippen molar-refractivity contribution < 1.29 is 9.53 Å². The Balaban J connectivity index is 1.39. The lowest BCUT2D eigenvalue weighted by atomic mass is 9.83. The Morgan fingerprint density at radius 3 is 2.36 bits per heavy atom. The zero-order valence-corrected chi connectivity index (χ0v) is 20.8. The van der Waals surface area contributed by atoms with Crippen LogP contribution in [-0.4, -0.2) is 42.2 Å². The van der Waals surface area contributed by atoms with E-state index in [1.165, 1.54) is 68.2 Å². The molecule has 5 nitrogen and oxygen atoms in total. The topological polar surface area (TPSA) is 53.6 Å². The summed E-state index contributed by atoms with van der Waals surface area (Å²) in [6.45, 7) is 4.41. The predicted molar refractivity (Wildman–Crippen MR) is 136 cm³/mol. The van der Waals surface area contributed by atoms with Crippen molar-refractivity contribution in [2.45, 2.75) is 83.0 Å². The number of hydrogen-bond donors (Lipinski definition) is 2. The lowest BCUT2D eigenvalue weighted by Crippen LogP contribution is -2.67. The molecule has 180 valence electrons. The number of benzene rings is 1. The Labute approximate surface area is 202 Å². The minimum Gasteiger partial charge on any atom is -0.484 e. The molecule has 1 spiro atoms. The first kappa shape index (κ1) is 24.2. The molecule has 1 saturated heterocycles. The van der Waals surface area contributed by atoms with Crippen LogP contribution in [0.1, 0.15) is 68.2 Å². The highest BCUT2D eigenvalue weighted by Gasteiger charge is 2.37. The standard InChI is InChI=1S/C27H39N3O2S/c1-22-11-13-23(14-12-22)32-20-26(31)30(19-24-10-9-17-33-24)25-18-29-27(21-28-25)15-7-5-3-2-4-6-8-16-27/h9-14,17,25,28-29H,2-8,15-16,18-21H2,1H3. The third-order valence-electron chi connectivity index (χ3n) is 7.14. The monoisotopic (exact) mass is 469 g/mol. The fourth-order valence-corrected chi connectivity index (χ4v) is 5.78. The first-order valence-electron chi connectivity index (χ1n) is 12.6. The van der Waals surface area contributed by atoms with Crippen LogP contribution in [0.4, 0.5) is 0 Å². The second-order valence-corrected chi connectivity index (χ2v) is 10.8. The fourth-order valence-electron chi connectivity index (χ4n) is 5.08. The van der Waals surface area contributed by atoms with Crippen molar-refractivity contribution in [3.8, 4) is 5.75 Å². The predicted octanol–water partition coefficient (Wildman–Crippen LogP) is 5.25. The fraction of sp³-hybridized carbons (Fsp3) is 0.593. The minimum atomic E-state index is -0.0257. The van der Waals surface area contributed by atoms with E-state index >= 15 is 0 Å². The maximum atomic E-state index is 13.3. The van der Waals surface area contributed by atoms with Crippen LogP contribution in [0.15, 0.2) is 41.8 Å². The normalized spacial score (nSPS) is 21.4. The molecule has 2 heterocycles. The Kier molecular flexibility index (Phi) is 8.82. The van der Waals surface area contributed by atoms with E-state index in [4.69, 9.17) is 4.74 Å². The Morgan fingerprint density at radius 2 is 1.76 bits per heavy atom. The van der Waals surface area contributed by atoms with E-state index in [9.17, 15) is 4.79 Å². The second kappa shape index (κ2) is 12.0. The summed E-state index contributed by atoms with van der Waals surface area (Å²) in [4.78, 5) is 16.5. The molecule has 1 amide bonds. The largest absolute Gasteiger partial charge is 0.484 e. The van der Waals surface area contributed by atoms with Crippen molar-refractivity contribution in [3.05, 3.63) is 52.2 Å². The van der Waals surface area contributed by atoms with Crippen molar-refractivity contribution in [2.24, 2.45) is 0 Å². The van der Waals surface area contributed by atoms with Gasteiger partial charge in [-0.15, -0.1) is 11.3 Å². The summed E-state index contributed by atoms with van der Waals surface area (Å²) < 4.78 is 5.84. The molecule has 2 fully saturated rings. The highest BCUT2D eigenvalue weighted by molar-refractivity contribution is 7.09. The van der Waals surface area contributed by atoms with Gasteiger partial charge in [0, 0.05) is 23.5 Å². The molecular formula is C27H39N3O2S. The first-order valence-corrected chi connectivity index (χ1v) is 13.5. The molecule has 1 saturated carbocycles. The van der Waals surface area contributed by atoms with Crippen LogP contribution in [-0.2, 0) is 11.3 Å². The molecule has 6 heteroatoms. The summed E-state index contributed by atoms with van der Waals surface area (Å²) in [5.41, 5.74) is 1.35. The lowest BCUT2D eigenvalue weighted by Gasteiger charge is -2.46. The number of nitrogens with zero attached hydrogens (tertiary/aromatic N) is 1. The van der Waals surface area contributed by atoms with Crippen molar-refractivity contribution in [1.29, 1.82) is 0 Å². The SMILES string of the molecule is Cc1ccc(OCC(=O)N(Cc2cccs2)C2CNC3(CCCCCCCCC3)CN2)cc1. The van der Waals surface area contributed by atoms with Crippen molar-refractivity contribution >= 4 is 17.2 Å². The average Bonchev–Trinajstić information content (AvgIpc) is 3.35. The van der Waals surface area contributed by atoms with E-state index in [2.05, 4.69) is 22.1 Å². The number of carbonyl (C=O) groups excluding carboxylic acids is 1. The van der Waals surface area contributed by atoms with Gasteiger partial charge < -0.3 is 15.0 Å². The number of piperazine rings is 1. The number of carbonyl (C=O) groups is 1. The Bertz CT molecular complexity index is 833. The van der Waals surface area contributed by atoms with Gasteiger partial charge in [-0.25, -0.2) is 0 Å². The number of aryl methyl sites for hydroxylation is 1. The van der Waals surface area contributed by atoms with Gasteiger partial charge in [0.15, 0.2) is 6.61 Å². The van der Waals surface area contributed by atoms with Gasteiger partial charge in [-0.2, -0.15) is 0 Å². The highest BCUT2D eigenvalue weighted by Crippen LogP contribution is 2.27. The number of hydrogen-bond acceptors (Lipinski definition) is 5. The molecule has 0 bridgehead atoms. The maximum absolute atomic E-state index is 13.3. The Hall–Kier alpha value is -1.89. The number of amides is 1. The van der Waals surface area contributed by atoms with Crippen LogP contribution >= 0.6 is 11.3 Å². The molecule has 1 atom stereocenters. The van der Waals surface area contributed by atoms with E-state index in [-0.39, 0.29) is 24.2 Å². The summed E-state index contributed by atoms with van der Waals surface area (Å²) in [7, 11) is 0. The minimum absolute atomic E-state index is 0.0187. The van der Waals surface area contributed by atoms with Crippen LogP contribution in [0.25, 0.3) is 0 Å². The molecule has 1 aromatic heterocycles. The van der Waals surface area contributed by atoms with Gasteiger partial charge in [-0.05, 0) is 43.3 Å². The summed E-state index contributed by atoms with van der Waals surface area (Å²) >= 11 is 1.70. The van der Waals surface area contributed by atoms with E-state index in [1.807, 2.05) is 42.2 Å².